The van der Waals surface area contributed by atoms with E-state index in [2.05, 4.69) is 21.2 Å². The molecule has 4 rings (SSSR count). The lowest BCUT2D eigenvalue weighted by Crippen LogP contribution is -2.49. The molecule has 218 valence electrons. The molecule has 1 N–H and O–H groups in total. The van der Waals surface area contributed by atoms with Gasteiger partial charge in [0.2, 0.25) is 21.8 Å². The number of anilines is 1. The third-order valence-electron chi connectivity index (χ3n) is 6.75. The maximum Gasteiger partial charge on any atom is 0.242 e. The van der Waals surface area contributed by atoms with Gasteiger partial charge in [-0.15, -0.1) is 0 Å². The summed E-state index contributed by atoms with van der Waals surface area (Å²) in [6.07, 6.45) is 1.78. The van der Waals surface area contributed by atoms with Gasteiger partial charge in [-0.05, 0) is 41.8 Å². The molecule has 0 saturated heterocycles. The van der Waals surface area contributed by atoms with E-state index in [4.69, 9.17) is 9.47 Å². The lowest BCUT2D eigenvalue weighted by atomic mass is 10.0. The van der Waals surface area contributed by atoms with Crippen molar-refractivity contribution in [1.29, 1.82) is 0 Å². The first-order chi connectivity index (χ1) is 19.7. The number of ether oxygens (including phenoxy) is 2. The van der Waals surface area contributed by atoms with Gasteiger partial charge in [0.1, 0.15) is 19.3 Å². The molecule has 3 aromatic rings. The van der Waals surface area contributed by atoms with Gasteiger partial charge in [-0.1, -0.05) is 58.4 Å². The van der Waals surface area contributed by atoms with Crippen LogP contribution in [0.1, 0.15) is 24.0 Å². The molecule has 3 aromatic carbocycles. The first-order valence-corrected chi connectivity index (χ1v) is 16.0. The molecule has 41 heavy (non-hydrogen) atoms. The molecule has 0 fully saturated rings. The Kier molecular flexibility index (Phi) is 10.3. The van der Waals surface area contributed by atoms with E-state index in [1.54, 1.807) is 30.1 Å². The number of benzene rings is 3. The monoisotopic (exact) mass is 643 g/mol. The number of nitrogens with one attached hydrogen (secondary N) is 1. The lowest BCUT2D eigenvalue weighted by Gasteiger charge is -2.31. The number of fused-ring (bicyclic) bond motifs is 1. The minimum atomic E-state index is -3.65. The minimum Gasteiger partial charge on any atom is -0.486 e. The number of halogens is 1. The van der Waals surface area contributed by atoms with Crippen molar-refractivity contribution in [3.05, 3.63) is 88.4 Å². The first kappa shape index (κ1) is 30.4. The van der Waals surface area contributed by atoms with Crippen molar-refractivity contribution in [3.8, 4) is 11.5 Å². The summed E-state index contributed by atoms with van der Waals surface area (Å²) in [6, 6.07) is 21.4. The predicted octanol–water partition coefficient (Wildman–Crippen LogP) is 4.15. The van der Waals surface area contributed by atoms with Gasteiger partial charge < -0.3 is 19.7 Å². The second-order valence-electron chi connectivity index (χ2n) is 9.73. The Morgan fingerprint density at radius 3 is 2.29 bits per heavy atom. The number of likely N-dealkylation sites (N-methyl/N-ethyl adjacent to an activating group) is 1. The van der Waals surface area contributed by atoms with E-state index >= 15 is 0 Å². The Balaban J connectivity index is 1.54. The second-order valence-corrected chi connectivity index (χ2v) is 12.6. The lowest BCUT2D eigenvalue weighted by molar-refractivity contribution is -0.141. The zero-order valence-corrected chi connectivity index (χ0v) is 25.5. The highest BCUT2D eigenvalue weighted by atomic mass is 79.9. The number of carbonyl (C=O) groups is 2. The van der Waals surface area contributed by atoms with Crippen LogP contribution in [0.15, 0.2) is 77.3 Å². The van der Waals surface area contributed by atoms with E-state index in [1.165, 1.54) is 4.31 Å². The SMILES string of the molecule is CNC(=O)[C@@H](Cc1ccccc1)N(Cc1ccc(Br)cc1)C(=O)CCCN(c1ccc2c(c1)OCCO2)S(C)(=O)=O. The molecule has 1 aliphatic rings. The van der Waals surface area contributed by atoms with Crippen LogP contribution >= 0.6 is 15.9 Å². The van der Waals surface area contributed by atoms with E-state index in [9.17, 15) is 18.0 Å². The number of sulfonamides is 1. The van der Waals surface area contributed by atoms with Crippen molar-refractivity contribution < 1.29 is 27.5 Å². The number of hydrogen-bond acceptors (Lipinski definition) is 6. The highest BCUT2D eigenvalue weighted by Gasteiger charge is 2.30. The quantitative estimate of drug-likeness (QED) is 0.318. The standard InChI is InChI=1S/C30H34BrN3O6S/c1-32-30(36)26(19-22-7-4-3-5-8-22)33(21-23-10-12-24(31)13-11-23)29(35)9-6-16-34(41(2,37)38)25-14-15-27-28(20-25)40-18-17-39-27/h3-5,7-8,10-15,20,26H,6,9,16-19,21H2,1-2H3,(H,32,36)/t26-/m1/s1. The van der Waals surface area contributed by atoms with Crippen molar-refractivity contribution in [3.63, 3.8) is 0 Å². The molecule has 1 heterocycles. The number of carbonyl (C=O) groups excluding carboxylic acids is 2. The van der Waals surface area contributed by atoms with Gasteiger partial charge in [0, 0.05) is 43.5 Å². The summed E-state index contributed by atoms with van der Waals surface area (Å²) in [6.45, 7) is 1.13. The molecule has 0 unspecified atom stereocenters. The molecule has 0 saturated carbocycles. The van der Waals surface area contributed by atoms with Crippen LogP contribution in [0.3, 0.4) is 0 Å². The summed E-state index contributed by atoms with van der Waals surface area (Å²) in [5.41, 5.74) is 2.23. The zero-order valence-electron chi connectivity index (χ0n) is 23.1. The first-order valence-electron chi connectivity index (χ1n) is 13.3. The van der Waals surface area contributed by atoms with Gasteiger partial charge in [-0.2, -0.15) is 0 Å². The molecule has 0 radical (unpaired) electrons. The molecule has 11 heteroatoms. The molecule has 0 aromatic heterocycles. The molecule has 0 spiro atoms. The van der Waals surface area contributed by atoms with Crippen LogP contribution in [-0.4, -0.2) is 64.2 Å². The average molecular weight is 645 g/mol. The van der Waals surface area contributed by atoms with Gasteiger partial charge in [-0.25, -0.2) is 8.42 Å². The van der Waals surface area contributed by atoms with Crippen LogP contribution in [0.2, 0.25) is 0 Å². The fourth-order valence-corrected chi connectivity index (χ4v) is 5.92. The summed E-state index contributed by atoms with van der Waals surface area (Å²) in [5.74, 6) is 0.529. The second kappa shape index (κ2) is 13.9. The van der Waals surface area contributed by atoms with Crippen LogP contribution in [0.25, 0.3) is 0 Å². The largest absolute Gasteiger partial charge is 0.486 e. The molecule has 9 nitrogen and oxygen atoms in total. The van der Waals surface area contributed by atoms with Crippen molar-refractivity contribution in [2.75, 3.05) is 37.4 Å². The number of nitrogens with zero attached hydrogens (tertiary/aromatic N) is 2. The average Bonchev–Trinajstić information content (AvgIpc) is 2.97. The van der Waals surface area contributed by atoms with Crippen LogP contribution in [0.4, 0.5) is 5.69 Å². The van der Waals surface area contributed by atoms with Crippen LogP contribution in [-0.2, 0) is 32.6 Å². The molecular weight excluding hydrogens is 610 g/mol. The summed E-state index contributed by atoms with van der Waals surface area (Å²) >= 11 is 3.44. The highest BCUT2D eigenvalue weighted by molar-refractivity contribution is 9.10. The number of hydrogen-bond donors (Lipinski definition) is 1. The maximum absolute atomic E-state index is 13.8. The van der Waals surface area contributed by atoms with Crippen molar-refractivity contribution in [2.24, 2.45) is 0 Å². The number of rotatable bonds is 12. The fourth-order valence-electron chi connectivity index (χ4n) is 4.70. The summed E-state index contributed by atoms with van der Waals surface area (Å²) < 4.78 is 38.8. The Hall–Kier alpha value is -3.57. The van der Waals surface area contributed by atoms with E-state index in [0.29, 0.717) is 36.8 Å². The molecule has 0 aliphatic carbocycles. The van der Waals surface area contributed by atoms with E-state index in [1.807, 2.05) is 54.6 Å². The van der Waals surface area contributed by atoms with Crippen LogP contribution in [0.5, 0.6) is 11.5 Å². The molecule has 2 amide bonds. The Bertz CT molecular complexity index is 1450. The molecule has 1 aliphatic heterocycles. The Labute approximate surface area is 249 Å². The maximum atomic E-state index is 13.8. The minimum absolute atomic E-state index is 0.0510. The van der Waals surface area contributed by atoms with Gasteiger partial charge in [-0.3, -0.25) is 13.9 Å². The normalized spacial score (nSPS) is 13.2. The van der Waals surface area contributed by atoms with E-state index in [0.717, 1.165) is 21.9 Å². The summed E-state index contributed by atoms with van der Waals surface area (Å²) in [4.78, 5) is 28.4. The Morgan fingerprint density at radius 2 is 1.63 bits per heavy atom. The van der Waals surface area contributed by atoms with Crippen molar-refractivity contribution >= 4 is 43.5 Å². The Morgan fingerprint density at radius 1 is 0.951 bits per heavy atom. The molecule has 0 bridgehead atoms. The zero-order chi connectivity index (χ0) is 29.4. The van der Waals surface area contributed by atoms with Crippen molar-refractivity contribution in [2.45, 2.75) is 31.8 Å². The van der Waals surface area contributed by atoms with Gasteiger partial charge in [0.05, 0.1) is 11.9 Å². The highest BCUT2D eigenvalue weighted by Crippen LogP contribution is 2.34. The van der Waals surface area contributed by atoms with Gasteiger partial charge >= 0.3 is 0 Å². The van der Waals surface area contributed by atoms with E-state index in [-0.39, 0.29) is 37.7 Å². The van der Waals surface area contributed by atoms with Gasteiger partial charge in [0.15, 0.2) is 11.5 Å². The predicted molar refractivity (Wildman–Crippen MR) is 162 cm³/mol. The topological polar surface area (TPSA) is 105 Å². The van der Waals surface area contributed by atoms with Crippen molar-refractivity contribution in [1.82, 2.24) is 10.2 Å². The molecule has 1 atom stereocenters. The molecular formula is C30H34BrN3O6S. The smallest absolute Gasteiger partial charge is 0.242 e. The van der Waals surface area contributed by atoms with Crippen LogP contribution in [0, 0.1) is 0 Å². The van der Waals surface area contributed by atoms with Gasteiger partial charge in [0.25, 0.3) is 0 Å². The number of amides is 2. The van der Waals surface area contributed by atoms with E-state index < -0.39 is 16.1 Å². The van der Waals surface area contributed by atoms with Crippen LogP contribution < -0.4 is 19.1 Å². The fraction of sp³-hybridized carbons (Fsp3) is 0.333. The summed E-state index contributed by atoms with van der Waals surface area (Å²) in [7, 11) is -2.09. The summed E-state index contributed by atoms with van der Waals surface area (Å²) in [5, 5.41) is 2.71. The third kappa shape index (κ3) is 8.23. The third-order valence-corrected chi connectivity index (χ3v) is 8.47.